The predicted octanol–water partition coefficient (Wildman–Crippen LogP) is 2.32. The van der Waals surface area contributed by atoms with Gasteiger partial charge >= 0.3 is 0 Å². The smallest absolute Gasteiger partial charge is 0.244 e. The van der Waals surface area contributed by atoms with Gasteiger partial charge in [0.25, 0.3) is 0 Å². The lowest BCUT2D eigenvalue weighted by atomic mass is 10.3. The summed E-state index contributed by atoms with van der Waals surface area (Å²) in [5.74, 6) is 1.06. The monoisotopic (exact) mass is 284 g/mol. The van der Waals surface area contributed by atoms with Gasteiger partial charge in [0.15, 0.2) is 5.76 Å². The lowest BCUT2D eigenvalue weighted by molar-refractivity contribution is 0.414. The van der Waals surface area contributed by atoms with Crippen molar-refractivity contribution in [2.24, 2.45) is 0 Å². The Labute approximate surface area is 111 Å². The highest BCUT2D eigenvalue weighted by Crippen LogP contribution is 2.27. The molecule has 2 rings (SSSR count). The van der Waals surface area contributed by atoms with E-state index >= 15 is 0 Å². The summed E-state index contributed by atoms with van der Waals surface area (Å²) >= 11 is 0. The first kappa shape index (κ1) is 13.8. The summed E-state index contributed by atoms with van der Waals surface area (Å²) in [5.41, 5.74) is 0. The minimum Gasteiger partial charge on any atom is -0.457 e. The third-order valence-corrected chi connectivity index (χ3v) is 4.51. The Morgan fingerprint density at radius 3 is 2.74 bits per heavy atom. The molecule has 104 valence electrons. The van der Waals surface area contributed by atoms with Crippen LogP contribution in [-0.4, -0.2) is 19.6 Å². The Hall–Kier alpha value is -1.60. The van der Waals surface area contributed by atoms with Gasteiger partial charge in [-0.2, -0.15) is 0 Å². The van der Waals surface area contributed by atoms with E-state index in [1.54, 1.807) is 13.0 Å². The standard InChI is InChI=1S/C12H16N2O4S/c1-4-8(2)14-19(15,16)12-7-11(17-9(12)3)10-5-6-13-18-10/h5-8,14H,4H2,1-3H3/t8-/m1/s1. The minimum atomic E-state index is -3.58. The van der Waals surface area contributed by atoms with Gasteiger partial charge in [0, 0.05) is 18.2 Å². The molecule has 2 heterocycles. The van der Waals surface area contributed by atoms with Crippen LogP contribution in [0.25, 0.3) is 11.5 Å². The van der Waals surface area contributed by atoms with Crippen LogP contribution in [0.5, 0.6) is 0 Å². The van der Waals surface area contributed by atoms with E-state index in [0.29, 0.717) is 23.7 Å². The highest BCUT2D eigenvalue weighted by molar-refractivity contribution is 7.89. The first-order valence-electron chi connectivity index (χ1n) is 5.98. The van der Waals surface area contributed by atoms with Crippen molar-refractivity contribution >= 4 is 10.0 Å². The zero-order valence-corrected chi connectivity index (χ0v) is 11.8. The van der Waals surface area contributed by atoms with Gasteiger partial charge in [0.05, 0.1) is 6.20 Å². The molecule has 0 spiro atoms. The number of furan rings is 1. The quantitative estimate of drug-likeness (QED) is 0.910. The van der Waals surface area contributed by atoms with E-state index < -0.39 is 10.0 Å². The van der Waals surface area contributed by atoms with Crippen molar-refractivity contribution in [3.8, 4) is 11.5 Å². The molecule has 2 aromatic rings. The van der Waals surface area contributed by atoms with Crippen molar-refractivity contribution in [3.05, 3.63) is 24.1 Å². The fourth-order valence-electron chi connectivity index (χ4n) is 1.61. The van der Waals surface area contributed by atoms with Crippen LogP contribution in [0.2, 0.25) is 0 Å². The summed E-state index contributed by atoms with van der Waals surface area (Å²) in [5, 5.41) is 3.56. The molecule has 7 heteroatoms. The van der Waals surface area contributed by atoms with E-state index in [0.717, 1.165) is 0 Å². The largest absolute Gasteiger partial charge is 0.457 e. The van der Waals surface area contributed by atoms with E-state index in [2.05, 4.69) is 9.88 Å². The molecule has 0 unspecified atom stereocenters. The highest BCUT2D eigenvalue weighted by Gasteiger charge is 2.24. The summed E-state index contributed by atoms with van der Waals surface area (Å²) < 4.78 is 37.3. The number of nitrogens with zero attached hydrogens (tertiary/aromatic N) is 1. The second-order valence-electron chi connectivity index (χ2n) is 4.34. The number of aromatic nitrogens is 1. The Balaban J connectivity index is 2.36. The summed E-state index contributed by atoms with van der Waals surface area (Å²) in [6.45, 7) is 5.32. The SMILES string of the molecule is CC[C@@H](C)NS(=O)(=O)c1cc(-c2ccno2)oc1C. The van der Waals surface area contributed by atoms with E-state index in [4.69, 9.17) is 8.94 Å². The molecule has 1 N–H and O–H groups in total. The van der Waals surface area contributed by atoms with Crippen molar-refractivity contribution in [2.45, 2.75) is 38.1 Å². The van der Waals surface area contributed by atoms with Gasteiger partial charge in [-0.1, -0.05) is 12.1 Å². The molecular weight excluding hydrogens is 268 g/mol. The lowest BCUT2D eigenvalue weighted by Gasteiger charge is -2.10. The molecule has 0 bridgehead atoms. The first-order valence-corrected chi connectivity index (χ1v) is 7.46. The first-order chi connectivity index (χ1) is 8.94. The van der Waals surface area contributed by atoms with Crippen LogP contribution in [0.1, 0.15) is 26.0 Å². The Morgan fingerprint density at radius 1 is 1.42 bits per heavy atom. The second kappa shape index (κ2) is 5.18. The van der Waals surface area contributed by atoms with Crippen LogP contribution in [-0.2, 0) is 10.0 Å². The average molecular weight is 284 g/mol. The van der Waals surface area contributed by atoms with Crippen molar-refractivity contribution in [1.82, 2.24) is 9.88 Å². The summed E-state index contributed by atoms with van der Waals surface area (Å²) in [6.07, 6.45) is 2.18. The second-order valence-corrected chi connectivity index (χ2v) is 6.02. The van der Waals surface area contributed by atoms with Crippen LogP contribution in [0.3, 0.4) is 0 Å². The van der Waals surface area contributed by atoms with Crippen LogP contribution >= 0.6 is 0 Å². The van der Waals surface area contributed by atoms with Crippen molar-refractivity contribution in [3.63, 3.8) is 0 Å². The maximum Gasteiger partial charge on any atom is 0.244 e. The summed E-state index contributed by atoms with van der Waals surface area (Å²) in [6, 6.07) is 2.92. The summed E-state index contributed by atoms with van der Waals surface area (Å²) in [4.78, 5) is 0.124. The maximum atomic E-state index is 12.2. The molecule has 0 saturated carbocycles. The normalized spacial score (nSPS) is 13.6. The number of hydrogen-bond acceptors (Lipinski definition) is 5. The van der Waals surface area contributed by atoms with Gasteiger partial charge < -0.3 is 8.94 Å². The van der Waals surface area contributed by atoms with Crippen molar-refractivity contribution in [1.29, 1.82) is 0 Å². The Kier molecular flexibility index (Phi) is 3.77. The highest BCUT2D eigenvalue weighted by atomic mass is 32.2. The molecule has 0 amide bonds. The van der Waals surface area contributed by atoms with E-state index in [9.17, 15) is 8.42 Å². The maximum absolute atomic E-state index is 12.2. The minimum absolute atomic E-state index is 0.124. The van der Waals surface area contributed by atoms with Gasteiger partial charge in [-0.15, -0.1) is 0 Å². The van der Waals surface area contributed by atoms with Gasteiger partial charge in [-0.3, -0.25) is 0 Å². The molecule has 19 heavy (non-hydrogen) atoms. The molecule has 0 aliphatic heterocycles. The molecule has 0 saturated heterocycles. The molecule has 0 fully saturated rings. The van der Waals surface area contributed by atoms with E-state index in [-0.39, 0.29) is 10.9 Å². The molecular formula is C12H16N2O4S. The number of nitrogens with one attached hydrogen (secondary N) is 1. The number of sulfonamides is 1. The van der Waals surface area contributed by atoms with E-state index in [1.807, 2.05) is 13.8 Å². The van der Waals surface area contributed by atoms with Crippen LogP contribution < -0.4 is 4.72 Å². The van der Waals surface area contributed by atoms with Crippen LogP contribution in [0.15, 0.2) is 32.2 Å². The van der Waals surface area contributed by atoms with Crippen molar-refractivity contribution in [2.75, 3.05) is 0 Å². The average Bonchev–Trinajstić information content (AvgIpc) is 2.96. The molecule has 1 atom stereocenters. The molecule has 2 aromatic heterocycles. The Morgan fingerprint density at radius 2 is 2.16 bits per heavy atom. The third-order valence-electron chi connectivity index (χ3n) is 2.81. The topological polar surface area (TPSA) is 85.3 Å². The predicted molar refractivity (Wildman–Crippen MR) is 69.0 cm³/mol. The lowest BCUT2D eigenvalue weighted by Crippen LogP contribution is -2.32. The number of hydrogen-bond donors (Lipinski definition) is 1. The molecule has 0 aliphatic rings. The van der Waals surface area contributed by atoms with E-state index in [1.165, 1.54) is 12.3 Å². The van der Waals surface area contributed by atoms with Gasteiger partial charge in [-0.05, 0) is 20.3 Å². The van der Waals surface area contributed by atoms with Gasteiger partial charge in [-0.25, -0.2) is 13.1 Å². The molecule has 0 aromatic carbocycles. The molecule has 6 nitrogen and oxygen atoms in total. The summed E-state index contributed by atoms with van der Waals surface area (Å²) in [7, 11) is -3.58. The van der Waals surface area contributed by atoms with Gasteiger partial charge in [0.2, 0.25) is 15.8 Å². The van der Waals surface area contributed by atoms with Crippen LogP contribution in [0.4, 0.5) is 0 Å². The van der Waals surface area contributed by atoms with Gasteiger partial charge in [0.1, 0.15) is 10.7 Å². The third kappa shape index (κ3) is 2.87. The molecule has 0 aliphatic carbocycles. The fourth-order valence-corrected chi connectivity index (χ4v) is 3.11. The molecule has 0 radical (unpaired) electrons. The number of aryl methyl sites for hydroxylation is 1. The van der Waals surface area contributed by atoms with Crippen LogP contribution in [0, 0.1) is 6.92 Å². The zero-order chi connectivity index (χ0) is 14.0. The number of rotatable bonds is 5. The zero-order valence-electron chi connectivity index (χ0n) is 11.0. The fraction of sp³-hybridized carbons (Fsp3) is 0.417. The Bertz CT molecular complexity index is 643. The van der Waals surface area contributed by atoms with Crippen molar-refractivity contribution < 1.29 is 17.4 Å².